The Hall–Kier alpha value is -3.25. The second-order valence-corrected chi connectivity index (χ2v) is 9.08. The first kappa shape index (κ1) is 23.4. The number of carbonyl (C=O) groups is 1. The van der Waals surface area contributed by atoms with E-state index in [9.17, 15) is 14.9 Å². The summed E-state index contributed by atoms with van der Waals surface area (Å²) >= 11 is 5.92. The number of benzene rings is 2. The maximum absolute atomic E-state index is 13.3. The van der Waals surface area contributed by atoms with E-state index < -0.39 is 4.92 Å². The molecule has 0 bridgehead atoms. The van der Waals surface area contributed by atoms with Crippen molar-refractivity contribution in [3.63, 3.8) is 0 Å². The van der Waals surface area contributed by atoms with Crippen LogP contribution >= 0.6 is 11.6 Å². The van der Waals surface area contributed by atoms with E-state index in [4.69, 9.17) is 11.6 Å². The van der Waals surface area contributed by atoms with Gasteiger partial charge in [0, 0.05) is 43.0 Å². The molecule has 0 radical (unpaired) electrons. The molecule has 6 nitrogen and oxygen atoms in total. The summed E-state index contributed by atoms with van der Waals surface area (Å²) in [5.41, 5.74) is 3.05. The molecule has 0 aliphatic rings. The average Bonchev–Trinajstić information content (AvgIpc) is 2.76. The van der Waals surface area contributed by atoms with E-state index in [2.05, 4.69) is 37.9 Å². The van der Waals surface area contributed by atoms with Crippen LogP contribution in [0.5, 0.6) is 0 Å². The highest BCUT2D eigenvalue weighted by molar-refractivity contribution is 6.32. The lowest BCUT2D eigenvalue weighted by molar-refractivity contribution is -0.384. The fourth-order valence-electron chi connectivity index (χ4n) is 3.35. The lowest BCUT2D eigenvalue weighted by atomic mass is 9.87. The van der Waals surface area contributed by atoms with E-state index in [1.54, 1.807) is 11.1 Å². The number of pyridine rings is 1. The van der Waals surface area contributed by atoms with Crippen LogP contribution in [0, 0.1) is 10.1 Å². The van der Waals surface area contributed by atoms with Crippen LogP contribution in [-0.4, -0.2) is 27.3 Å². The van der Waals surface area contributed by atoms with Crippen LogP contribution in [0.2, 0.25) is 5.02 Å². The highest BCUT2D eigenvalue weighted by Gasteiger charge is 2.21. The summed E-state index contributed by atoms with van der Waals surface area (Å²) in [6.07, 6.45) is 2.29. The molecular weight excluding hydrogens is 426 g/mol. The number of nitro groups is 1. The molecule has 166 valence electrons. The summed E-state index contributed by atoms with van der Waals surface area (Å²) < 4.78 is 0. The Balaban J connectivity index is 1.87. The molecular formula is C25H26ClN3O3. The van der Waals surface area contributed by atoms with Crippen molar-refractivity contribution >= 4 is 23.2 Å². The lowest BCUT2D eigenvalue weighted by Crippen LogP contribution is -2.32. The van der Waals surface area contributed by atoms with Gasteiger partial charge in [-0.2, -0.15) is 0 Å². The zero-order valence-electron chi connectivity index (χ0n) is 18.4. The third kappa shape index (κ3) is 5.92. The van der Waals surface area contributed by atoms with E-state index in [-0.39, 0.29) is 27.6 Å². The molecule has 0 aliphatic heterocycles. The average molecular weight is 452 g/mol. The first-order valence-electron chi connectivity index (χ1n) is 10.4. The van der Waals surface area contributed by atoms with Gasteiger partial charge in [-0.05, 0) is 40.8 Å². The Morgan fingerprint density at radius 1 is 1.09 bits per heavy atom. The fourth-order valence-corrected chi connectivity index (χ4v) is 3.53. The molecule has 1 amide bonds. The number of hydrogen-bond acceptors (Lipinski definition) is 4. The molecule has 0 fully saturated rings. The van der Waals surface area contributed by atoms with Crippen molar-refractivity contribution in [2.24, 2.45) is 0 Å². The first-order chi connectivity index (χ1) is 15.1. The molecule has 7 heteroatoms. The van der Waals surface area contributed by atoms with Crippen LogP contribution in [0.25, 0.3) is 0 Å². The summed E-state index contributed by atoms with van der Waals surface area (Å²) in [4.78, 5) is 30.0. The van der Waals surface area contributed by atoms with Gasteiger partial charge in [-0.1, -0.05) is 62.7 Å². The van der Waals surface area contributed by atoms with E-state index >= 15 is 0 Å². The second-order valence-electron chi connectivity index (χ2n) is 8.67. The highest BCUT2D eigenvalue weighted by Crippen LogP contribution is 2.26. The lowest BCUT2D eigenvalue weighted by Gasteiger charge is -2.24. The molecule has 0 spiro atoms. The van der Waals surface area contributed by atoms with Crippen LogP contribution in [0.15, 0.2) is 66.9 Å². The summed E-state index contributed by atoms with van der Waals surface area (Å²) in [5.74, 6) is -0.291. The standard InChI is InChI=1S/C25H26ClN3O3/c1-25(2,3)20-10-7-18(8-11-20)17-28(15-13-21-6-4-5-14-27-21)24(30)19-9-12-22(26)23(16-19)29(31)32/h4-12,14,16H,13,15,17H2,1-3H3. The molecule has 0 saturated heterocycles. The molecule has 0 atom stereocenters. The normalized spacial score (nSPS) is 11.2. The van der Waals surface area contributed by atoms with Gasteiger partial charge in [0.2, 0.25) is 0 Å². The minimum atomic E-state index is -0.581. The third-order valence-corrected chi connectivity index (χ3v) is 5.55. The maximum atomic E-state index is 13.3. The van der Waals surface area contributed by atoms with Crippen LogP contribution in [0.1, 0.15) is 48.0 Å². The van der Waals surface area contributed by atoms with E-state index in [0.29, 0.717) is 19.5 Å². The number of nitrogens with zero attached hydrogens (tertiary/aromatic N) is 3. The largest absolute Gasteiger partial charge is 0.334 e. The monoisotopic (exact) mass is 451 g/mol. The van der Waals surface area contributed by atoms with E-state index in [1.807, 2.05) is 30.3 Å². The van der Waals surface area contributed by atoms with Crippen molar-refractivity contribution in [2.45, 2.75) is 39.2 Å². The first-order valence-corrected chi connectivity index (χ1v) is 10.8. The van der Waals surface area contributed by atoms with Crippen molar-refractivity contribution in [1.29, 1.82) is 0 Å². The summed E-state index contributed by atoms with van der Waals surface area (Å²) in [7, 11) is 0. The van der Waals surface area contributed by atoms with Crippen molar-refractivity contribution in [2.75, 3.05) is 6.54 Å². The fraction of sp³-hybridized carbons (Fsp3) is 0.280. The van der Waals surface area contributed by atoms with Gasteiger partial charge in [-0.3, -0.25) is 19.9 Å². The number of hydrogen-bond donors (Lipinski definition) is 0. The van der Waals surface area contributed by atoms with E-state index in [1.165, 1.54) is 23.8 Å². The molecule has 2 aromatic carbocycles. The Morgan fingerprint density at radius 2 is 1.81 bits per heavy atom. The predicted octanol–water partition coefficient (Wildman–Crippen LogP) is 5.83. The van der Waals surface area contributed by atoms with Crippen LogP contribution in [0.3, 0.4) is 0 Å². The predicted molar refractivity (Wildman–Crippen MR) is 126 cm³/mol. The smallest absolute Gasteiger partial charge is 0.288 e. The molecule has 1 heterocycles. The topological polar surface area (TPSA) is 76.3 Å². The van der Waals surface area contributed by atoms with Gasteiger partial charge in [0.15, 0.2) is 0 Å². The quantitative estimate of drug-likeness (QED) is 0.334. The van der Waals surface area contributed by atoms with Gasteiger partial charge in [0.1, 0.15) is 5.02 Å². The maximum Gasteiger partial charge on any atom is 0.288 e. The Labute approximate surface area is 193 Å². The van der Waals surface area contributed by atoms with Gasteiger partial charge in [-0.15, -0.1) is 0 Å². The minimum absolute atomic E-state index is 0.00403. The Morgan fingerprint density at radius 3 is 2.41 bits per heavy atom. The summed E-state index contributed by atoms with van der Waals surface area (Å²) in [5, 5.41) is 11.3. The van der Waals surface area contributed by atoms with Gasteiger partial charge in [-0.25, -0.2) is 0 Å². The molecule has 0 N–H and O–H groups in total. The number of halogens is 1. The van der Waals surface area contributed by atoms with Gasteiger partial charge in [0.05, 0.1) is 4.92 Å². The van der Waals surface area contributed by atoms with E-state index in [0.717, 1.165) is 11.3 Å². The zero-order valence-corrected chi connectivity index (χ0v) is 19.2. The number of rotatable bonds is 7. The van der Waals surface area contributed by atoms with Crippen molar-refractivity contribution in [1.82, 2.24) is 9.88 Å². The third-order valence-electron chi connectivity index (χ3n) is 5.23. The number of carbonyl (C=O) groups excluding carboxylic acids is 1. The molecule has 0 aliphatic carbocycles. The second kappa shape index (κ2) is 9.92. The van der Waals surface area contributed by atoms with Gasteiger partial charge < -0.3 is 4.90 Å². The Kier molecular flexibility index (Phi) is 7.26. The van der Waals surface area contributed by atoms with Crippen LogP contribution < -0.4 is 0 Å². The SMILES string of the molecule is CC(C)(C)c1ccc(CN(CCc2ccccn2)C(=O)c2ccc(Cl)c([N+](=O)[O-])c2)cc1. The highest BCUT2D eigenvalue weighted by atomic mass is 35.5. The van der Waals surface area contributed by atoms with Gasteiger partial charge >= 0.3 is 0 Å². The minimum Gasteiger partial charge on any atom is -0.334 e. The van der Waals surface area contributed by atoms with Crippen molar-refractivity contribution in [3.05, 3.63) is 104 Å². The van der Waals surface area contributed by atoms with Crippen LogP contribution in [0.4, 0.5) is 5.69 Å². The zero-order chi connectivity index (χ0) is 23.3. The number of amides is 1. The molecule has 1 aromatic heterocycles. The summed E-state index contributed by atoms with van der Waals surface area (Å²) in [6.45, 7) is 7.26. The van der Waals surface area contributed by atoms with Crippen molar-refractivity contribution < 1.29 is 9.72 Å². The number of aromatic nitrogens is 1. The van der Waals surface area contributed by atoms with Gasteiger partial charge in [0.25, 0.3) is 11.6 Å². The molecule has 32 heavy (non-hydrogen) atoms. The Bertz CT molecular complexity index is 1090. The molecule has 0 unspecified atom stereocenters. The molecule has 3 rings (SSSR count). The molecule has 0 saturated carbocycles. The van der Waals surface area contributed by atoms with Crippen molar-refractivity contribution in [3.8, 4) is 0 Å². The molecule has 3 aromatic rings. The number of nitro benzene ring substituents is 1. The summed E-state index contributed by atoms with van der Waals surface area (Å²) in [6, 6.07) is 18.0. The van der Waals surface area contributed by atoms with Crippen LogP contribution in [-0.2, 0) is 18.4 Å².